The number of para-hydroxylation sites is 1. The van der Waals surface area contributed by atoms with Gasteiger partial charge in [0.1, 0.15) is 0 Å². The van der Waals surface area contributed by atoms with Gasteiger partial charge in [-0.2, -0.15) is 0 Å². The number of nitrogens with zero attached hydrogens (tertiary/aromatic N) is 4. The van der Waals surface area contributed by atoms with Gasteiger partial charge < -0.3 is 15.2 Å². The fourth-order valence-corrected chi connectivity index (χ4v) is 2.92. The molecule has 1 aliphatic heterocycles. The Morgan fingerprint density at radius 3 is 2.95 bits per heavy atom. The zero-order chi connectivity index (χ0) is 14.8. The molecule has 1 unspecified atom stereocenters. The van der Waals surface area contributed by atoms with Crippen LogP contribution in [0.3, 0.4) is 0 Å². The van der Waals surface area contributed by atoms with Crippen molar-refractivity contribution in [1.82, 2.24) is 9.55 Å². The molecule has 110 valence electrons. The van der Waals surface area contributed by atoms with Crippen LogP contribution in [-0.4, -0.2) is 22.1 Å². The number of aromatic nitrogens is 2. The molecule has 0 aliphatic carbocycles. The molecule has 0 saturated heterocycles. The number of aliphatic imine (C=N–C) groups is 1. The molecular weight excluding hydrogens is 286 g/mol. The second-order valence-corrected chi connectivity index (χ2v) is 5.46. The van der Waals surface area contributed by atoms with E-state index in [0.29, 0.717) is 17.5 Å². The predicted octanol–water partition coefficient (Wildman–Crippen LogP) is 2.82. The van der Waals surface area contributed by atoms with E-state index in [9.17, 15) is 0 Å². The van der Waals surface area contributed by atoms with E-state index in [1.165, 1.54) is 0 Å². The van der Waals surface area contributed by atoms with Gasteiger partial charge in [0.05, 0.1) is 41.5 Å². The predicted molar refractivity (Wildman–Crippen MR) is 85.7 cm³/mol. The van der Waals surface area contributed by atoms with Crippen molar-refractivity contribution >= 4 is 23.2 Å². The van der Waals surface area contributed by atoms with Crippen molar-refractivity contribution in [2.45, 2.75) is 25.9 Å². The average molecular weight is 304 g/mol. The molecule has 1 aromatic carbocycles. The summed E-state index contributed by atoms with van der Waals surface area (Å²) >= 11 is 6.32. The van der Waals surface area contributed by atoms with Gasteiger partial charge in [-0.25, -0.2) is 4.98 Å². The molecular formula is C15H18ClN5. The van der Waals surface area contributed by atoms with Crippen LogP contribution in [0, 0.1) is 0 Å². The Labute approximate surface area is 129 Å². The Morgan fingerprint density at radius 1 is 1.38 bits per heavy atom. The number of guanidine groups is 1. The van der Waals surface area contributed by atoms with Crippen LogP contribution < -0.4 is 10.6 Å². The van der Waals surface area contributed by atoms with Gasteiger partial charge in [-0.3, -0.25) is 4.99 Å². The third-order valence-electron chi connectivity index (χ3n) is 3.65. The zero-order valence-electron chi connectivity index (χ0n) is 11.9. The van der Waals surface area contributed by atoms with Crippen molar-refractivity contribution in [3.05, 3.63) is 47.5 Å². The van der Waals surface area contributed by atoms with Gasteiger partial charge in [0.2, 0.25) is 0 Å². The molecule has 2 aromatic rings. The van der Waals surface area contributed by atoms with Crippen molar-refractivity contribution in [3.63, 3.8) is 0 Å². The number of nitrogens with two attached hydrogens (primary N) is 1. The number of anilines is 1. The number of rotatable bonds is 4. The number of hydrogen-bond acceptors (Lipinski definition) is 4. The summed E-state index contributed by atoms with van der Waals surface area (Å²) in [4.78, 5) is 10.7. The summed E-state index contributed by atoms with van der Waals surface area (Å²) in [5, 5.41) is 0.670. The summed E-state index contributed by atoms with van der Waals surface area (Å²) in [6.07, 6.45) is 4.80. The molecule has 0 saturated carbocycles. The molecule has 0 bridgehead atoms. The standard InChI is InChI=1S/C15H18ClN5/c1-2-7-20-10-18-8-13(20)14-9-19-15(17)21(14)12-6-4-3-5-11(12)16/h3-6,8,10,14H,2,7,9H2,1H3,(H2,17,19). The highest BCUT2D eigenvalue weighted by Crippen LogP contribution is 2.35. The lowest BCUT2D eigenvalue weighted by Gasteiger charge is -2.27. The van der Waals surface area contributed by atoms with E-state index in [1.54, 1.807) is 0 Å². The van der Waals surface area contributed by atoms with Gasteiger partial charge in [0.25, 0.3) is 0 Å². The minimum absolute atomic E-state index is 0.0407. The van der Waals surface area contributed by atoms with Crippen LogP contribution in [0.1, 0.15) is 25.1 Å². The van der Waals surface area contributed by atoms with Crippen molar-refractivity contribution in [3.8, 4) is 0 Å². The molecule has 1 aliphatic rings. The Morgan fingerprint density at radius 2 is 2.19 bits per heavy atom. The average Bonchev–Trinajstić information content (AvgIpc) is 3.07. The summed E-state index contributed by atoms with van der Waals surface area (Å²) in [5.41, 5.74) is 8.08. The van der Waals surface area contributed by atoms with Gasteiger partial charge in [-0.1, -0.05) is 30.7 Å². The van der Waals surface area contributed by atoms with Crippen molar-refractivity contribution in [2.75, 3.05) is 11.4 Å². The number of imidazole rings is 1. The first-order chi connectivity index (χ1) is 10.2. The first-order valence-corrected chi connectivity index (χ1v) is 7.44. The minimum atomic E-state index is 0.0407. The van der Waals surface area contributed by atoms with E-state index in [-0.39, 0.29) is 6.04 Å². The molecule has 1 aromatic heterocycles. The molecule has 0 radical (unpaired) electrons. The molecule has 21 heavy (non-hydrogen) atoms. The zero-order valence-corrected chi connectivity index (χ0v) is 12.7. The maximum atomic E-state index is 6.32. The van der Waals surface area contributed by atoms with Crippen LogP contribution >= 0.6 is 11.6 Å². The number of benzene rings is 1. The largest absolute Gasteiger partial charge is 0.369 e. The van der Waals surface area contributed by atoms with Crippen LogP contribution in [0.5, 0.6) is 0 Å². The van der Waals surface area contributed by atoms with Crippen LogP contribution in [0.4, 0.5) is 5.69 Å². The quantitative estimate of drug-likeness (QED) is 0.945. The van der Waals surface area contributed by atoms with E-state index < -0.39 is 0 Å². The van der Waals surface area contributed by atoms with E-state index in [1.807, 2.05) is 41.7 Å². The van der Waals surface area contributed by atoms with Gasteiger partial charge in [-0.05, 0) is 18.6 Å². The van der Waals surface area contributed by atoms with Crippen LogP contribution in [0.25, 0.3) is 0 Å². The number of hydrogen-bond donors (Lipinski definition) is 1. The first kappa shape index (κ1) is 13.9. The summed E-state index contributed by atoms with van der Waals surface area (Å²) in [6, 6.07) is 7.73. The molecule has 5 nitrogen and oxygen atoms in total. The molecule has 1 atom stereocenters. The topological polar surface area (TPSA) is 59.4 Å². The second kappa shape index (κ2) is 5.77. The summed E-state index contributed by atoms with van der Waals surface area (Å²) < 4.78 is 2.16. The second-order valence-electron chi connectivity index (χ2n) is 5.05. The Bertz CT molecular complexity index is 664. The molecule has 2 N–H and O–H groups in total. The fraction of sp³-hybridized carbons (Fsp3) is 0.333. The van der Waals surface area contributed by atoms with E-state index in [2.05, 4.69) is 21.5 Å². The minimum Gasteiger partial charge on any atom is -0.369 e. The van der Waals surface area contributed by atoms with Crippen molar-refractivity contribution in [1.29, 1.82) is 0 Å². The normalized spacial score (nSPS) is 18.1. The third-order valence-corrected chi connectivity index (χ3v) is 3.97. The summed E-state index contributed by atoms with van der Waals surface area (Å²) in [6.45, 7) is 3.70. The fourth-order valence-electron chi connectivity index (χ4n) is 2.70. The lowest BCUT2D eigenvalue weighted by Crippen LogP contribution is -2.37. The highest BCUT2D eigenvalue weighted by molar-refractivity contribution is 6.33. The number of halogens is 1. The maximum absolute atomic E-state index is 6.32. The molecule has 6 heteroatoms. The van der Waals surface area contributed by atoms with Crippen molar-refractivity contribution < 1.29 is 0 Å². The lowest BCUT2D eigenvalue weighted by molar-refractivity contribution is 0.606. The molecule has 3 rings (SSSR count). The Balaban J connectivity index is 1.99. The van der Waals surface area contributed by atoms with Gasteiger partial charge in [-0.15, -0.1) is 0 Å². The smallest absolute Gasteiger partial charge is 0.196 e. The highest BCUT2D eigenvalue weighted by atomic mass is 35.5. The number of aryl methyl sites for hydroxylation is 1. The van der Waals surface area contributed by atoms with Crippen LogP contribution in [0.2, 0.25) is 5.02 Å². The van der Waals surface area contributed by atoms with E-state index >= 15 is 0 Å². The highest BCUT2D eigenvalue weighted by Gasteiger charge is 2.32. The first-order valence-electron chi connectivity index (χ1n) is 7.06. The van der Waals surface area contributed by atoms with Gasteiger partial charge >= 0.3 is 0 Å². The van der Waals surface area contributed by atoms with E-state index in [4.69, 9.17) is 17.3 Å². The molecule has 0 amide bonds. The van der Waals surface area contributed by atoms with Gasteiger partial charge in [0, 0.05) is 6.54 Å². The lowest BCUT2D eigenvalue weighted by atomic mass is 10.1. The van der Waals surface area contributed by atoms with Crippen molar-refractivity contribution in [2.24, 2.45) is 10.7 Å². The Hall–Kier alpha value is -2.01. The SMILES string of the molecule is CCCn1cncc1C1CN=C(N)N1c1ccccc1Cl. The third kappa shape index (κ3) is 2.49. The Kier molecular flexibility index (Phi) is 3.84. The maximum Gasteiger partial charge on any atom is 0.196 e. The monoisotopic (exact) mass is 303 g/mol. The molecule has 0 spiro atoms. The van der Waals surface area contributed by atoms with Crippen LogP contribution in [0.15, 0.2) is 41.8 Å². The van der Waals surface area contributed by atoms with Crippen LogP contribution in [-0.2, 0) is 6.54 Å². The molecule has 2 heterocycles. The van der Waals surface area contributed by atoms with E-state index in [0.717, 1.165) is 24.3 Å². The summed E-state index contributed by atoms with van der Waals surface area (Å²) in [7, 11) is 0. The molecule has 0 fully saturated rings. The van der Waals surface area contributed by atoms with Gasteiger partial charge in [0.15, 0.2) is 5.96 Å². The summed E-state index contributed by atoms with van der Waals surface area (Å²) in [5.74, 6) is 0.498.